The van der Waals surface area contributed by atoms with E-state index in [1.165, 1.54) is 4.90 Å². The van der Waals surface area contributed by atoms with Crippen LogP contribution in [-0.2, 0) is 0 Å². The van der Waals surface area contributed by atoms with Crippen molar-refractivity contribution in [2.75, 3.05) is 14.1 Å². The first-order valence-corrected chi connectivity index (χ1v) is 11.6. The number of amides is 1. The maximum Gasteiger partial charge on any atom is 0.327 e. The Bertz CT molecular complexity index is 1670. The molecule has 2 heterocycles. The molecule has 3 aromatic carbocycles. The molecule has 0 aliphatic rings. The molecule has 0 fully saturated rings. The lowest BCUT2D eigenvalue weighted by atomic mass is 10.2. The van der Waals surface area contributed by atoms with Crippen molar-refractivity contribution in [1.82, 2.24) is 24.8 Å². The molecule has 0 radical (unpaired) electrons. The van der Waals surface area contributed by atoms with E-state index in [1.54, 1.807) is 75.6 Å². The van der Waals surface area contributed by atoms with Crippen molar-refractivity contribution < 1.29 is 19.0 Å². The molecule has 0 spiro atoms. The second-order valence-corrected chi connectivity index (χ2v) is 8.45. The molecule has 10 nitrogen and oxygen atoms in total. The van der Waals surface area contributed by atoms with E-state index in [2.05, 4.69) is 26.0 Å². The van der Waals surface area contributed by atoms with Crippen LogP contribution in [0.1, 0.15) is 21.7 Å². The summed E-state index contributed by atoms with van der Waals surface area (Å²) >= 11 is 0. The van der Waals surface area contributed by atoms with Crippen molar-refractivity contribution in [3.8, 4) is 41.0 Å². The number of aromatic nitrogens is 4. The topological polar surface area (TPSA) is 126 Å². The fourth-order valence-electron chi connectivity index (χ4n) is 3.61. The second-order valence-electron chi connectivity index (χ2n) is 8.45. The summed E-state index contributed by atoms with van der Waals surface area (Å²) in [6.07, 6.45) is 0. The van der Waals surface area contributed by atoms with Gasteiger partial charge in [0.25, 0.3) is 11.8 Å². The largest absolute Gasteiger partial charge is 0.453 e. The van der Waals surface area contributed by atoms with E-state index in [0.29, 0.717) is 45.4 Å². The Kier molecular flexibility index (Phi) is 6.57. The molecule has 0 unspecified atom stereocenters. The maximum atomic E-state index is 12.4. The number of H-pyrrole nitrogens is 1. The highest BCUT2D eigenvalue weighted by molar-refractivity contribution is 5.94. The van der Waals surface area contributed by atoms with Crippen LogP contribution in [0.4, 0.5) is 0 Å². The third kappa shape index (κ3) is 5.22. The van der Waals surface area contributed by atoms with Gasteiger partial charge in [0.2, 0.25) is 0 Å². The van der Waals surface area contributed by atoms with Crippen molar-refractivity contribution in [2.45, 2.75) is 6.92 Å². The Balaban J connectivity index is 1.52. The van der Waals surface area contributed by atoms with Crippen molar-refractivity contribution >= 4 is 17.1 Å². The third-order valence-corrected chi connectivity index (χ3v) is 5.36. The number of para-hydroxylation sites is 1. The van der Waals surface area contributed by atoms with Crippen molar-refractivity contribution in [2.24, 2.45) is 0 Å². The number of hydrogen-bond acceptors (Lipinski definition) is 8. The van der Waals surface area contributed by atoms with Crippen LogP contribution in [0.25, 0.3) is 11.2 Å². The SMILES string of the molecule is Cc1nc2nc(Oc3cc(C#N)ccc3Oc3ccccc3)nc(Oc3cccc(C(=O)N(C)C)c3)c2[nH]1. The number of nitriles is 1. The van der Waals surface area contributed by atoms with E-state index in [4.69, 9.17) is 14.2 Å². The summed E-state index contributed by atoms with van der Waals surface area (Å²) < 4.78 is 18.1. The minimum absolute atomic E-state index is 0.0625. The summed E-state index contributed by atoms with van der Waals surface area (Å²) in [6.45, 7) is 1.78. The van der Waals surface area contributed by atoms with Crippen molar-refractivity contribution in [1.29, 1.82) is 5.26 Å². The Morgan fingerprint density at radius 3 is 2.42 bits per heavy atom. The number of carbonyl (C=O) groups excluding carboxylic acids is 1. The molecule has 0 saturated heterocycles. The number of benzene rings is 3. The summed E-state index contributed by atoms with van der Waals surface area (Å²) in [4.78, 5) is 30.3. The first-order valence-electron chi connectivity index (χ1n) is 11.6. The molecule has 0 aliphatic heterocycles. The van der Waals surface area contributed by atoms with Crippen LogP contribution in [0.5, 0.6) is 34.9 Å². The van der Waals surface area contributed by atoms with Gasteiger partial charge in [-0.3, -0.25) is 4.79 Å². The average molecular weight is 507 g/mol. The number of imidazole rings is 1. The quantitative estimate of drug-likeness (QED) is 0.302. The summed E-state index contributed by atoms with van der Waals surface area (Å²) in [5.41, 5.74) is 1.62. The number of fused-ring (bicyclic) bond motifs is 1. The molecule has 5 rings (SSSR count). The van der Waals surface area contributed by atoms with Gasteiger partial charge in [-0.15, -0.1) is 0 Å². The van der Waals surface area contributed by atoms with E-state index in [1.807, 2.05) is 18.2 Å². The normalized spacial score (nSPS) is 10.6. The van der Waals surface area contributed by atoms with E-state index in [0.717, 1.165) is 0 Å². The molecule has 188 valence electrons. The van der Waals surface area contributed by atoms with Gasteiger partial charge in [0, 0.05) is 25.7 Å². The van der Waals surface area contributed by atoms with Crippen LogP contribution in [0.3, 0.4) is 0 Å². The number of rotatable bonds is 7. The molecule has 1 N–H and O–H groups in total. The number of ether oxygens (including phenoxy) is 3. The van der Waals surface area contributed by atoms with E-state index >= 15 is 0 Å². The van der Waals surface area contributed by atoms with Gasteiger partial charge < -0.3 is 24.1 Å². The van der Waals surface area contributed by atoms with Crippen LogP contribution in [0, 0.1) is 18.3 Å². The van der Waals surface area contributed by atoms with Gasteiger partial charge in [-0.25, -0.2) is 4.98 Å². The third-order valence-electron chi connectivity index (χ3n) is 5.36. The van der Waals surface area contributed by atoms with Crippen LogP contribution >= 0.6 is 0 Å². The minimum atomic E-state index is -0.159. The van der Waals surface area contributed by atoms with Crippen LogP contribution < -0.4 is 14.2 Å². The van der Waals surface area contributed by atoms with Gasteiger partial charge in [0.1, 0.15) is 22.8 Å². The van der Waals surface area contributed by atoms with Gasteiger partial charge in [-0.1, -0.05) is 24.3 Å². The average Bonchev–Trinajstić information content (AvgIpc) is 3.30. The summed E-state index contributed by atoms with van der Waals surface area (Å²) in [6, 6.07) is 22.8. The molecule has 10 heteroatoms. The summed E-state index contributed by atoms with van der Waals surface area (Å²) in [5, 5.41) is 9.42. The highest BCUT2D eigenvalue weighted by Gasteiger charge is 2.18. The Morgan fingerprint density at radius 2 is 1.66 bits per heavy atom. The molecular weight excluding hydrogens is 484 g/mol. The highest BCUT2D eigenvalue weighted by Crippen LogP contribution is 2.36. The number of nitrogens with zero attached hydrogens (tertiary/aromatic N) is 5. The lowest BCUT2D eigenvalue weighted by molar-refractivity contribution is 0.0827. The zero-order chi connectivity index (χ0) is 26.6. The molecule has 0 bridgehead atoms. The molecule has 5 aromatic rings. The second kappa shape index (κ2) is 10.3. The van der Waals surface area contributed by atoms with Crippen molar-refractivity contribution in [3.05, 3.63) is 89.7 Å². The van der Waals surface area contributed by atoms with Crippen molar-refractivity contribution in [3.63, 3.8) is 0 Å². The van der Waals surface area contributed by atoms with Crippen LogP contribution in [0.15, 0.2) is 72.8 Å². The first kappa shape index (κ1) is 24.3. The molecular formula is C28H22N6O4. The molecule has 0 aliphatic carbocycles. The zero-order valence-corrected chi connectivity index (χ0v) is 20.8. The fraction of sp³-hybridized carbons (Fsp3) is 0.107. The molecule has 0 atom stereocenters. The molecule has 2 aromatic heterocycles. The van der Waals surface area contributed by atoms with E-state index in [9.17, 15) is 10.1 Å². The Labute approximate surface area is 218 Å². The Morgan fingerprint density at radius 1 is 0.868 bits per heavy atom. The van der Waals surface area contributed by atoms with Gasteiger partial charge in [0.15, 0.2) is 17.1 Å². The molecule has 1 amide bonds. The number of hydrogen-bond donors (Lipinski definition) is 1. The predicted molar refractivity (Wildman–Crippen MR) is 139 cm³/mol. The highest BCUT2D eigenvalue weighted by atomic mass is 16.5. The van der Waals surface area contributed by atoms with E-state index < -0.39 is 0 Å². The Hall–Kier alpha value is -5.43. The summed E-state index contributed by atoms with van der Waals surface area (Å²) in [7, 11) is 3.36. The van der Waals surface area contributed by atoms with Crippen LogP contribution in [0.2, 0.25) is 0 Å². The van der Waals surface area contributed by atoms with Gasteiger partial charge in [0.05, 0.1) is 11.6 Å². The zero-order valence-electron chi connectivity index (χ0n) is 20.8. The monoisotopic (exact) mass is 506 g/mol. The summed E-state index contributed by atoms with van der Waals surface area (Å²) in [5.74, 6) is 2.20. The number of nitrogens with one attached hydrogen (secondary N) is 1. The fourth-order valence-corrected chi connectivity index (χ4v) is 3.61. The first-order chi connectivity index (χ1) is 18.4. The maximum absolute atomic E-state index is 12.4. The molecule has 0 saturated carbocycles. The standard InChI is InChI=1S/C28H22N6O4/c1-17-30-24-25(31-17)32-28(33-26(24)37-21-11-7-8-19(15-21)27(35)34(2)3)38-23-14-18(16-29)12-13-22(23)36-20-9-5-4-6-10-20/h4-15H,1-3H3,(H,30,31,32,33). The number of carbonyl (C=O) groups is 1. The van der Waals surface area contributed by atoms with Crippen LogP contribution in [-0.4, -0.2) is 44.8 Å². The van der Waals surface area contributed by atoms with Gasteiger partial charge >= 0.3 is 6.01 Å². The number of aromatic amines is 1. The lowest BCUT2D eigenvalue weighted by Gasteiger charge is -2.13. The van der Waals surface area contributed by atoms with Gasteiger partial charge in [-0.05, 0) is 49.4 Å². The smallest absolute Gasteiger partial charge is 0.327 e. The number of aryl methyl sites for hydroxylation is 1. The lowest BCUT2D eigenvalue weighted by Crippen LogP contribution is -2.21. The molecule has 38 heavy (non-hydrogen) atoms. The minimum Gasteiger partial charge on any atom is -0.453 e. The van der Waals surface area contributed by atoms with E-state index in [-0.39, 0.29) is 23.5 Å². The predicted octanol–water partition coefficient (Wildman–Crippen LogP) is 5.61. The van der Waals surface area contributed by atoms with Gasteiger partial charge in [-0.2, -0.15) is 15.2 Å².